The second-order valence-electron chi connectivity index (χ2n) is 5.50. The Hall–Kier alpha value is -1.43. The van der Waals surface area contributed by atoms with Gasteiger partial charge in [-0.3, -0.25) is 0 Å². The Balaban J connectivity index is 1.55. The highest BCUT2D eigenvalue weighted by Gasteiger charge is 2.55. The minimum atomic E-state index is -0.744. The van der Waals surface area contributed by atoms with Crippen molar-refractivity contribution in [2.75, 3.05) is 6.61 Å². The topological polar surface area (TPSA) is 54.0 Å². The fraction of sp³-hybridized carbons (Fsp3) is 0.533. The summed E-state index contributed by atoms with van der Waals surface area (Å²) in [6.07, 6.45) is -1.42. The Morgan fingerprint density at radius 3 is 2.70 bits per heavy atom. The molecule has 2 aliphatic heterocycles. The normalized spacial score (nSPS) is 31.1. The van der Waals surface area contributed by atoms with Crippen molar-refractivity contribution in [2.45, 2.75) is 44.6 Å². The van der Waals surface area contributed by atoms with Gasteiger partial charge in [0.2, 0.25) is 0 Å². The van der Waals surface area contributed by atoms with Crippen LogP contribution >= 0.6 is 0 Å². The maximum absolute atomic E-state index is 11.7. The van der Waals surface area contributed by atoms with Gasteiger partial charge in [0.25, 0.3) is 0 Å². The molecule has 1 aromatic rings. The number of rotatable bonds is 4. The van der Waals surface area contributed by atoms with E-state index in [1.807, 2.05) is 30.3 Å². The molecule has 3 rings (SSSR count). The van der Waals surface area contributed by atoms with E-state index in [9.17, 15) is 4.79 Å². The lowest BCUT2D eigenvalue weighted by atomic mass is 10.1. The third-order valence-electron chi connectivity index (χ3n) is 3.39. The zero-order valence-corrected chi connectivity index (χ0v) is 11.6. The highest BCUT2D eigenvalue weighted by Crippen LogP contribution is 2.36. The van der Waals surface area contributed by atoms with Gasteiger partial charge in [-0.25, -0.2) is 4.79 Å². The fourth-order valence-corrected chi connectivity index (χ4v) is 2.52. The predicted octanol–water partition coefficient (Wildman–Crippen LogP) is 1.65. The molecule has 3 atom stereocenters. The first-order valence-corrected chi connectivity index (χ1v) is 6.73. The molecule has 2 aliphatic rings. The third kappa shape index (κ3) is 2.70. The van der Waals surface area contributed by atoms with Gasteiger partial charge in [-0.2, -0.15) is 0 Å². The van der Waals surface area contributed by atoms with E-state index in [2.05, 4.69) is 0 Å². The summed E-state index contributed by atoms with van der Waals surface area (Å²) in [5.74, 6) is -1.11. The lowest BCUT2D eigenvalue weighted by Crippen LogP contribution is -2.32. The Morgan fingerprint density at radius 1 is 1.20 bits per heavy atom. The first kappa shape index (κ1) is 13.5. The summed E-state index contributed by atoms with van der Waals surface area (Å²) in [4.78, 5) is 11.7. The third-order valence-corrected chi connectivity index (χ3v) is 3.39. The molecule has 0 bridgehead atoms. The average Bonchev–Trinajstić information content (AvgIpc) is 2.87. The van der Waals surface area contributed by atoms with Crippen LogP contribution in [0.2, 0.25) is 0 Å². The number of hydrogen-bond donors (Lipinski definition) is 0. The lowest BCUT2D eigenvalue weighted by Gasteiger charge is -2.21. The van der Waals surface area contributed by atoms with Gasteiger partial charge in [0.15, 0.2) is 18.0 Å². The predicted molar refractivity (Wildman–Crippen MR) is 69.8 cm³/mol. The van der Waals surface area contributed by atoms with Gasteiger partial charge in [0, 0.05) is 0 Å². The van der Waals surface area contributed by atoms with Crippen LogP contribution in [0, 0.1) is 0 Å². The molecule has 0 N–H and O–H groups in total. The number of esters is 1. The van der Waals surface area contributed by atoms with Crippen molar-refractivity contribution in [3.05, 3.63) is 35.9 Å². The number of hydrogen-bond acceptors (Lipinski definition) is 5. The van der Waals surface area contributed by atoms with Crippen molar-refractivity contribution in [3.8, 4) is 0 Å². The molecule has 0 saturated carbocycles. The molecule has 108 valence electrons. The van der Waals surface area contributed by atoms with Gasteiger partial charge < -0.3 is 18.9 Å². The standard InChI is InChI=1S/C15H18O5/c1-15(2)19-12-11(18-14(16)13(12)20-15)9-17-8-10-6-4-3-5-7-10/h3-7,11-13H,8-9H2,1-2H3/t11-,12-,13-/m1/s1. The van der Waals surface area contributed by atoms with Crippen LogP contribution < -0.4 is 0 Å². The number of fused-ring (bicyclic) bond motifs is 1. The molecule has 5 nitrogen and oxygen atoms in total. The molecule has 0 unspecified atom stereocenters. The van der Waals surface area contributed by atoms with Crippen molar-refractivity contribution in [1.82, 2.24) is 0 Å². The van der Waals surface area contributed by atoms with E-state index in [0.717, 1.165) is 5.56 Å². The summed E-state index contributed by atoms with van der Waals surface area (Å²) < 4.78 is 22.1. The largest absolute Gasteiger partial charge is 0.455 e. The Bertz CT molecular complexity index is 484. The van der Waals surface area contributed by atoms with Crippen molar-refractivity contribution in [3.63, 3.8) is 0 Å². The molecule has 1 aromatic carbocycles. The highest BCUT2D eigenvalue weighted by atomic mass is 16.8. The van der Waals surface area contributed by atoms with E-state index in [4.69, 9.17) is 18.9 Å². The maximum atomic E-state index is 11.7. The molecule has 2 heterocycles. The molecule has 0 aromatic heterocycles. The minimum Gasteiger partial charge on any atom is -0.455 e. The van der Waals surface area contributed by atoms with Crippen LogP contribution in [-0.4, -0.2) is 36.7 Å². The van der Waals surface area contributed by atoms with Gasteiger partial charge in [-0.05, 0) is 19.4 Å². The van der Waals surface area contributed by atoms with Crippen LogP contribution in [0.25, 0.3) is 0 Å². The summed E-state index contributed by atoms with van der Waals surface area (Å²) in [5, 5.41) is 0. The quantitative estimate of drug-likeness (QED) is 0.784. The Morgan fingerprint density at radius 2 is 1.95 bits per heavy atom. The van der Waals surface area contributed by atoms with Crippen LogP contribution in [0.3, 0.4) is 0 Å². The number of carbonyl (C=O) groups is 1. The summed E-state index contributed by atoms with van der Waals surface area (Å²) >= 11 is 0. The zero-order chi connectivity index (χ0) is 14.2. The first-order chi connectivity index (χ1) is 9.55. The fourth-order valence-electron chi connectivity index (χ4n) is 2.52. The number of ether oxygens (including phenoxy) is 4. The van der Waals surface area contributed by atoms with Crippen LogP contribution in [0.5, 0.6) is 0 Å². The van der Waals surface area contributed by atoms with Gasteiger partial charge in [-0.1, -0.05) is 30.3 Å². The van der Waals surface area contributed by atoms with Crippen LogP contribution in [0.4, 0.5) is 0 Å². The Labute approximate surface area is 117 Å². The van der Waals surface area contributed by atoms with E-state index in [0.29, 0.717) is 13.2 Å². The summed E-state index contributed by atoms with van der Waals surface area (Å²) in [6.45, 7) is 4.37. The van der Waals surface area contributed by atoms with E-state index < -0.39 is 18.0 Å². The second-order valence-corrected chi connectivity index (χ2v) is 5.50. The van der Waals surface area contributed by atoms with Crippen molar-refractivity contribution in [1.29, 1.82) is 0 Å². The zero-order valence-electron chi connectivity index (χ0n) is 11.6. The number of cyclic esters (lactones) is 1. The van der Waals surface area contributed by atoms with Gasteiger partial charge in [0.05, 0.1) is 13.2 Å². The van der Waals surface area contributed by atoms with Crippen molar-refractivity contribution < 1.29 is 23.7 Å². The summed E-state index contributed by atoms with van der Waals surface area (Å²) in [6, 6.07) is 9.85. The molecule has 2 saturated heterocycles. The molecular formula is C15H18O5. The van der Waals surface area contributed by atoms with E-state index in [1.54, 1.807) is 13.8 Å². The van der Waals surface area contributed by atoms with Gasteiger partial charge in [-0.15, -0.1) is 0 Å². The molecular weight excluding hydrogens is 260 g/mol. The van der Waals surface area contributed by atoms with E-state index in [-0.39, 0.29) is 12.1 Å². The highest BCUT2D eigenvalue weighted by molar-refractivity contribution is 5.78. The van der Waals surface area contributed by atoms with Crippen LogP contribution in [0.15, 0.2) is 30.3 Å². The van der Waals surface area contributed by atoms with Gasteiger partial charge in [0.1, 0.15) is 6.10 Å². The van der Waals surface area contributed by atoms with Crippen molar-refractivity contribution >= 4 is 5.97 Å². The summed E-state index contributed by atoms with van der Waals surface area (Å²) in [7, 11) is 0. The molecule has 5 heteroatoms. The van der Waals surface area contributed by atoms with Gasteiger partial charge >= 0.3 is 5.97 Å². The molecule has 2 fully saturated rings. The summed E-state index contributed by atoms with van der Waals surface area (Å²) in [5.41, 5.74) is 1.08. The molecule has 0 radical (unpaired) electrons. The molecule has 20 heavy (non-hydrogen) atoms. The monoisotopic (exact) mass is 278 g/mol. The molecule has 0 aliphatic carbocycles. The maximum Gasteiger partial charge on any atom is 0.338 e. The SMILES string of the molecule is CC1(C)O[C@@H]2[C@@H](COCc3ccccc3)OC(=O)[C@@H]2O1. The molecule has 0 spiro atoms. The number of carbonyl (C=O) groups excluding carboxylic acids is 1. The second kappa shape index (κ2) is 5.16. The number of benzene rings is 1. The van der Waals surface area contributed by atoms with Crippen LogP contribution in [0.1, 0.15) is 19.4 Å². The average molecular weight is 278 g/mol. The molecule has 0 amide bonds. The van der Waals surface area contributed by atoms with Crippen LogP contribution in [-0.2, 0) is 30.3 Å². The smallest absolute Gasteiger partial charge is 0.338 e. The van der Waals surface area contributed by atoms with E-state index >= 15 is 0 Å². The Kier molecular flexibility index (Phi) is 3.50. The van der Waals surface area contributed by atoms with E-state index in [1.165, 1.54) is 0 Å². The lowest BCUT2D eigenvalue weighted by molar-refractivity contribution is -0.190. The minimum absolute atomic E-state index is 0.307. The van der Waals surface area contributed by atoms with Crippen molar-refractivity contribution in [2.24, 2.45) is 0 Å². The first-order valence-electron chi connectivity index (χ1n) is 6.73.